The van der Waals surface area contributed by atoms with E-state index in [1.165, 1.54) is 12.8 Å². The van der Waals surface area contributed by atoms with Crippen molar-refractivity contribution in [3.05, 3.63) is 11.8 Å². The summed E-state index contributed by atoms with van der Waals surface area (Å²) in [6.45, 7) is 4.31. The third-order valence-corrected chi connectivity index (χ3v) is 5.69. The smallest absolute Gasteiger partial charge is 0.152 e. The highest BCUT2D eigenvalue weighted by Crippen LogP contribution is 2.54. The van der Waals surface area contributed by atoms with Gasteiger partial charge in [0.15, 0.2) is 5.78 Å². The number of carbonyl (C=O) groups is 1. The van der Waals surface area contributed by atoms with Gasteiger partial charge >= 0.3 is 0 Å². The minimum Gasteiger partial charge on any atom is -0.501 e. The van der Waals surface area contributed by atoms with Crippen molar-refractivity contribution < 1.29 is 9.53 Å². The van der Waals surface area contributed by atoms with E-state index in [2.05, 4.69) is 19.9 Å². The van der Waals surface area contributed by atoms with Crippen molar-refractivity contribution in [2.24, 2.45) is 11.8 Å². The Kier molecular flexibility index (Phi) is 3.86. The van der Waals surface area contributed by atoms with Gasteiger partial charge in [0.05, 0.1) is 17.6 Å². The zero-order valence-corrected chi connectivity index (χ0v) is 11.8. The van der Waals surface area contributed by atoms with Gasteiger partial charge in [0, 0.05) is 18.3 Å². The van der Waals surface area contributed by atoms with Crippen LogP contribution in [0, 0.1) is 11.8 Å². The monoisotopic (exact) mass is 254 g/mol. The molecule has 96 valence electrons. The predicted octanol–water partition coefficient (Wildman–Crippen LogP) is 3.42. The number of thioether (sulfide) groups is 1. The summed E-state index contributed by atoms with van der Waals surface area (Å²) in [5.41, 5.74) is 0. The zero-order chi connectivity index (χ0) is 12.5. The summed E-state index contributed by atoms with van der Waals surface area (Å²) in [5.74, 6) is 3.31. The largest absolute Gasteiger partial charge is 0.501 e. The third-order valence-electron chi connectivity index (χ3n) is 4.12. The van der Waals surface area contributed by atoms with Crippen molar-refractivity contribution in [2.45, 2.75) is 44.3 Å². The molecule has 2 nitrogen and oxygen atoms in total. The van der Waals surface area contributed by atoms with E-state index >= 15 is 0 Å². The molecular formula is C14H22O2S. The Hall–Kier alpha value is -0.440. The molecule has 0 heterocycles. The topological polar surface area (TPSA) is 26.3 Å². The Bertz CT molecular complexity index is 337. The molecule has 0 amide bonds. The van der Waals surface area contributed by atoms with Gasteiger partial charge in [-0.05, 0) is 31.6 Å². The third kappa shape index (κ3) is 2.14. The number of rotatable bonds is 5. The molecule has 2 aliphatic rings. The van der Waals surface area contributed by atoms with Crippen LogP contribution in [0.4, 0.5) is 0 Å². The maximum Gasteiger partial charge on any atom is 0.152 e. The molecule has 0 unspecified atom stereocenters. The molecule has 0 N–H and O–H groups in total. The van der Waals surface area contributed by atoms with Gasteiger partial charge in [0.25, 0.3) is 0 Å². The molecule has 3 heteroatoms. The van der Waals surface area contributed by atoms with Crippen LogP contribution in [0.3, 0.4) is 0 Å². The van der Waals surface area contributed by atoms with E-state index in [1.54, 1.807) is 7.11 Å². The van der Waals surface area contributed by atoms with Gasteiger partial charge in [-0.2, -0.15) is 0 Å². The first kappa shape index (κ1) is 13.0. The van der Waals surface area contributed by atoms with Gasteiger partial charge in [-0.25, -0.2) is 0 Å². The minimum atomic E-state index is -0.177. The lowest BCUT2D eigenvalue weighted by molar-refractivity contribution is -0.137. The van der Waals surface area contributed by atoms with Crippen molar-refractivity contribution in [2.75, 3.05) is 12.9 Å². The summed E-state index contributed by atoms with van der Waals surface area (Å²) >= 11 is 1.85. The van der Waals surface area contributed by atoms with Gasteiger partial charge in [-0.3, -0.25) is 4.79 Å². The lowest BCUT2D eigenvalue weighted by Gasteiger charge is -2.51. The second-order valence-corrected chi connectivity index (χ2v) is 6.73. The molecule has 0 saturated heterocycles. The van der Waals surface area contributed by atoms with Crippen LogP contribution in [0.1, 0.15) is 39.5 Å². The lowest BCUT2D eigenvalue weighted by Crippen LogP contribution is -2.59. The van der Waals surface area contributed by atoms with E-state index < -0.39 is 0 Å². The van der Waals surface area contributed by atoms with Gasteiger partial charge in [-0.1, -0.05) is 13.3 Å². The fourth-order valence-corrected chi connectivity index (χ4v) is 4.49. The van der Waals surface area contributed by atoms with Gasteiger partial charge in [0.2, 0.25) is 0 Å². The first-order valence-electron chi connectivity index (χ1n) is 6.56. The quantitative estimate of drug-likeness (QED) is 0.703. The van der Waals surface area contributed by atoms with Crippen LogP contribution < -0.4 is 0 Å². The fraction of sp³-hybridized carbons (Fsp3) is 0.786. The second kappa shape index (κ2) is 5.05. The number of Topliss-reactive ketones (excluding diaryl/α,β-unsaturated/α-hetero) is 1. The highest BCUT2D eigenvalue weighted by atomic mass is 32.2. The van der Waals surface area contributed by atoms with Gasteiger partial charge < -0.3 is 4.74 Å². The maximum absolute atomic E-state index is 12.2. The van der Waals surface area contributed by atoms with Crippen LogP contribution in [-0.4, -0.2) is 23.4 Å². The highest BCUT2D eigenvalue weighted by molar-refractivity contribution is 8.01. The number of unbranched alkanes of at least 4 members (excludes halogenated alkanes) is 1. The number of allylic oxidation sites excluding steroid dienone is 2. The molecule has 1 fully saturated rings. The molecule has 0 spiro atoms. The Morgan fingerprint density at radius 1 is 1.59 bits per heavy atom. The second-order valence-electron chi connectivity index (χ2n) is 5.18. The van der Waals surface area contributed by atoms with Crippen molar-refractivity contribution in [1.29, 1.82) is 0 Å². The van der Waals surface area contributed by atoms with E-state index in [4.69, 9.17) is 4.74 Å². The van der Waals surface area contributed by atoms with Crippen molar-refractivity contribution in [3.63, 3.8) is 0 Å². The number of ketones is 1. The molecule has 17 heavy (non-hydrogen) atoms. The Balaban J connectivity index is 2.05. The van der Waals surface area contributed by atoms with Crippen molar-refractivity contribution in [3.8, 4) is 0 Å². The number of hydrogen-bond donors (Lipinski definition) is 0. The normalized spacial score (nSPS) is 35.9. The summed E-state index contributed by atoms with van der Waals surface area (Å²) in [7, 11) is 1.73. The molecule has 0 aromatic heterocycles. The standard InChI is InChI=1S/C14H22O2S/c1-4-5-8-17-14(2)12-9-10(16-3)6-7-11(12)13(14)15/h9,11-12H,4-8H2,1-3H3/t11-,12+,14+/m0/s1. The molecule has 0 aliphatic heterocycles. The fourth-order valence-electron chi connectivity index (χ4n) is 2.92. The van der Waals surface area contributed by atoms with Crippen molar-refractivity contribution in [1.82, 2.24) is 0 Å². The molecule has 2 rings (SSSR count). The van der Waals surface area contributed by atoms with E-state index in [9.17, 15) is 4.79 Å². The highest BCUT2D eigenvalue weighted by Gasteiger charge is 2.58. The Labute approximate surface area is 108 Å². The van der Waals surface area contributed by atoms with E-state index in [1.807, 2.05) is 11.8 Å². The van der Waals surface area contributed by atoms with E-state index in [0.29, 0.717) is 11.7 Å². The van der Waals surface area contributed by atoms with Crippen LogP contribution in [-0.2, 0) is 9.53 Å². The number of carbonyl (C=O) groups excluding carboxylic acids is 1. The molecule has 3 atom stereocenters. The zero-order valence-electron chi connectivity index (χ0n) is 11.0. The summed E-state index contributed by atoms with van der Waals surface area (Å²) < 4.78 is 5.16. The van der Waals surface area contributed by atoms with Gasteiger partial charge in [0.1, 0.15) is 0 Å². The average molecular weight is 254 g/mol. The van der Waals surface area contributed by atoms with Crippen LogP contribution in [0.15, 0.2) is 11.8 Å². The number of hydrogen-bond acceptors (Lipinski definition) is 3. The Morgan fingerprint density at radius 2 is 2.35 bits per heavy atom. The molecule has 2 aliphatic carbocycles. The van der Waals surface area contributed by atoms with E-state index in [0.717, 1.165) is 24.4 Å². The maximum atomic E-state index is 12.2. The van der Waals surface area contributed by atoms with Crippen LogP contribution in [0.2, 0.25) is 0 Å². The number of fused-ring (bicyclic) bond motifs is 1. The minimum absolute atomic E-state index is 0.177. The van der Waals surface area contributed by atoms with E-state index in [-0.39, 0.29) is 10.7 Å². The summed E-state index contributed by atoms with van der Waals surface area (Å²) in [5, 5.41) is 0. The molecule has 0 aromatic carbocycles. The number of ether oxygens (including phenoxy) is 1. The van der Waals surface area contributed by atoms with Crippen LogP contribution in [0.5, 0.6) is 0 Å². The molecular weight excluding hydrogens is 232 g/mol. The predicted molar refractivity (Wildman–Crippen MR) is 72.1 cm³/mol. The lowest BCUT2D eigenvalue weighted by atomic mass is 9.60. The van der Waals surface area contributed by atoms with Crippen LogP contribution >= 0.6 is 11.8 Å². The molecule has 1 saturated carbocycles. The van der Waals surface area contributed by atoms with Gasteiger partial charge in [-0.15, -0.1) is 11.8 Å². The number of methoxy groups -OCH3 is 1. The molecule has 0 radical (unpaired) electrons. The summed E-state index contributed by atoms with van der Waals surface area (Å²) in [6, 6.07) is 0. The first-order valence-corrected chi connectivity index (χ1v) is 7.55. The SMILES string of the molecule is CCCCS[C@@]1(C)C(=O)[C@H]2CCC(OC)=C[C@H]21. The summed E-state index contributed by atoms with van der Waals surface area (Å²) in [6.07, 6.45) is 6.51. The first-order chi connectivity index (χ1) is 8.13. The average Bonchev–Trinajstić information content (AvgIpc) is 2.37. The Morgan fingerprint density at radius 3 is 3.00 bits per heavy atom. The molecule has 0 bridgehead atoms. The van der Waals surface area contributed by atoms with Crippen molar-refractivity contribution >= 4 is 17.5 Å². The van der Waals surface area contributed by atoms with Crippen LogP contribution in [0.25, 0.3) is 0 Å². The molecule has 0 aromatic rings. The summed E-state index contributed by atoms with van der Waals surface area (Å²) in [4.78, 5) is 12.2.